The minimum absolute atomic E-state index is 0.0737. The largest absolute Gasteiger partial charge is 0.480 e. The molecule has 5 heteroatoms. The van der Waals surface area contributed by atoms with E-state index in [-0.39, 0.29) is 5.91 Å². The lowest BCUT2D eigenvalue weighted by Gasteiger charge is -2.28. The third-order valence-corrected chi connectivity index (χ3v) is 7.13. The van der Waals surface area contributed by atoms with E-state index < -0.39 is 0 Å². The molecule has 3 aliphatic rings. The maximum atomic E-state index is 13.4. The van der Waals surface area contributed by atoms with Crippen LogP contribution in [0.15, 0.2) is 30.3 Å². The third kappa shape index (κ3) is 3.03. The Hall–Kier alpha value is -2.40. The maximum absolute atomic E-state index is 13.4. The molecule has 2 fully saturated rings. The van der Waals surface area contributed by atoms with Crippen LogP contribution in [0.4, 0.5) is 0 Å². The molecule has 0 unspecified atom stereocenters. The minimum atomic E-state index is 0.0737. The van der Waals surface area contributed by atoms with Gasteiger partial charge in [0.15, 0.2) is 0 Å². The lowest BCUT2D eigenvalue weighted by atomic mass is 9.88. The predicted octanol–water partition coefficient (Wildman–Crippen LogP) is 3.26. The third-order valence-electron chi connectivity index (χ3n) is 7.13. The molecule has 2 aliphatic heterocycles. The molecule has 5 rings (SSSR count). The van der Waals surface area contributed by atoms with Gasteiger partial charge in [0.1, 0.15) is 5.56 Å². The van der Waals surface area contributed by atoms with Crippen LogP contribution in [0.1, 0.15) is 45.2 Å². The number of aryl methyl sites for hydroxylation is 3. The summed E-state index contributed by atoms with van der Waals surface area (Å²) in [6.45, 7) is 4.84. The number of benzene rings is 1. The first-order valence-corrected chi connectivity index (χ1v) is 10.7. The zero-order chi connectivity index (χ0) is 20.1. The normalized spacial score (nSPS) is 25.9. The number of carbonyl (C=O) groups is 1. The van der Waals surface area contributed by atoms with Crippen molar-refractivity contribution in [1.82, 2.24) is 14.8 Å². The molecular formula is C24H29N3O2. The number of fused-ring (bicyclic) bond motifs is 2. The van der Waals surface area contributed by atoms with Crippen LogP contribution in [-0.4, -0.2) is 54.5 Å². The molecule has 1 aromatic heterocycles. The SMILES string of the molecule is COc1nc2c(cc1C(=O)N1C[C@@H]3CN(C)[C@@H](c4ccccc4C)[C@@H]3C1)CCC2. The Kier molecular flexibility index (Phi) is 4.58. The number of nitrogens with zero attached hydrogens (tertiary/aromatic N) is 3. The molecule has 0 radical (unpaired) electrons. The van der Waals surface area contributed by atoms with E-state index in [1.54, 1.807) is 7.11 Å². The topological polar surface area (TPSA) is 45.7 Å². The molecule has 1 amide bonds. The summed E-state index contributed by atoms with van der Waals surface area (Å²) in [4.78, 5) is 22.6. The first kappa shape index (κ1) is 18.6. The summed E-state index contributed by atoms with van der Waals surface area (Å²) < 4.78 is 5.50. The Morgan fingerprint density at radius 3 is 2.79 bits per heavy atom. The number of ether oxygens (including phenoxy) is 1. The van der Waals surface area contributed by atoms with Gasteiger partial charge >= 0.3 is 0 Å². The number of carbonyl (C=O) groups excluding carboxylic acids is 1. The Balaban J connectivity index is 1.41. The molecule has 1 aliphatic carbocycles. The average Bonchev–Trinajstić information content (AvgIpc) is 3.41. The fraction of sp³-hybridized carbons (Fsp3) is 0.500. The summed E-state index contributed by atoms with van der Waals surface area (Å²) in [7, 11) is 3.83. The molecule has 5 nitrogen and oxygen atoms in total. The van der Waals surface area contributed by atoms with Crippen molar-refractivity contribution in [2.75, 3.05) is 33.8 Å². The van der Waals surface area contributed by atoms with Gasteiger partial charge in [0, 0.05) is 37.3 Å². The molecule has 3 atom stereocenters. The molecule has 0 saturated carbocycles. The number of aromatic nitrogens is 1. The van der Waals surface area contributed by atoms with Crippen molar-refractivity contribution in [2.45, 2.75) is 32.2 Å². The Bertz CT molecular complexity index is 957. The first-order chi connectivity index (χ1) is 14.1. The highest BCUT2D eigenvalue weighted by Crippen LogP contribution is 2.45. The summed E-state index contributed by atoms with van der Waals surface area (Å²) >= 11 is 0. The fourth-order valence-corrected chi connectivity index (χ4v) is 5.74. The summed E-state index contributed by atoms with van der Waals surface area (Å²) in [6, 6.07) is 11.1. The summed E-state index contributed by atoms with van der Waals surface area (Å²) in [5, 5.41) is 0. The number of hydrogen-bond donors (Lipinski definition) is 0. The zero-order valence-electron chi connectivity index (χ0n) is 17.5. The minimum Gasteiger partial charge on any atom is -0.480 e. The van der Waals surface area contributed by atoms with Gasteiger partial charge in [-0.3, -0.25) is 9.69 Å². The number of likely N-dealkylation sites (tertiary alicyclic amines) is 2. The van der Waals surface area contributed by atoms with E-state index in [2.05, 4.69) is 48.1 Å². The molecule has 0 spiro atoms. The number of methoxy groups -OCH3 is 1. The lowest BCUT2D eigenvalue weighted by Crippen LogP contribution is -2.34. The molecule has 29 heavy (non-hydrogen) atoms. The van der Waals surface area contributed by atoms with Crippen molar-refractivity contribution in [2.24, 2.45) is 11.8 Å². The molecule has 0 bridgehead atoms. The van der Waals surface area contributed by atoms with Crippen LogP contribution in [0.5, 0.6) is 5.88 Å². The van der Waals surface area contributed by atoms with Crippen molar-refractivity contribution in [1.29, 1.82) is 0 Å². The number of rotatable bonds is 3. The van der Waals surface area contributed by atoms with Gasteiger partial charge in [-0.05, 0) is 61.9 Å². The second-order valence-corrected chi connectivity index (χ2v) is 8.88. The Morgan fingerprint density at radius 2 is 2.00 bits per heavy atom. The number of hydrogen-bond acceptors (Lipinski definition) is 4. The van der Waals surface area contributed by atoms with Crippen molar-refractivity contribution >= 4 is 5.91 Å². The van der Waals surface area contributed by atoms with E-state index in [0.717, 1.165) is 44.6 Å². The standard InChI is InChI=1S/C24H29N3O2/c1-15-7-4-5-9-18(15)22-20-14-27(13-17(20)12-26(22)2)24(28)19-11-16-8-6-10-21(16)25-23(19)29-3/h4-5,7,9,11,17,20,22H,6,8,10,12-14H2,1-3H3/t17-,20+,22-/m0/s1. The summed E-state index contributed by atoms with van der Waals surface area (Å²) in [5.41, 5.74) is 5.67. The first-order valence-electron chi connectivity index (χ1n) is 10.7. The maximum Gasteiger partial charge on any atom is 0.259 e. The highest BCUT2D eigenvalue weighted by Gasteiger charge is 2.48. The van der Waals surface area contributed by atoms with Crippen LogP contribution in [0.3, 0.4) is 0 Å². The molecule has 0 N–H and O–H groups in total. The molecule has 2 saturated heterocycles. The van der Waals surface area contributed by atoms with Crippen molar-refractivity contribution in [3.63, 3.8) is 0 Å². The van der Waals surface area contributed by atoms with Gasteiger partial charge in [0.2, 0.25) is 5.88 Å². The molecule has 152 valence electrons. The van der Waals surface area contributed by atoms with Gasteiger partial charge in [0.05, 0.1) is 7.11 Å². The van der Waals surface area contributed by atoms with Crippen LogP contribution < -0.4 is 4.74 Å². The lowest BCUT2D eigenvalue weighted by molar-refractivity contribution is 0.0763. The summed E-state index contributed by atoms with van der Waals surface area (Å²) in [5.74, 6) is 1.55. The van der Waals surface area contributed by atoms with Gasteiger partial charge in [-0.25, -0.2) is 4.98 Å². The molecule has 1 aromatic carbocycles. The Labute approximate surface area is 172 Å². The van der Waals surface area contributed by atoms with E-state index in [1.807, 2.05) is 11.0 Å². The Morgan fingerprint density at radius 1 is 1.17 bits per heavy atom. The fourth-order valence-electron chi connectivity index (χ4n) is 5.74. The number of pyridine rings is 1. The second kappa shape index (κ2) is 7.13. The highest BCUT2D eigenvalue weighted by molar-refractivity contribution is 5.97. The van der Waals surface area contributed by atoms with Crippen LogP contribution in [0.25, 0.3) is 0 Å². The summed E-state index contributed by atoms with van der Waals surface area (Å²) in [6.07, 6.45) is 3.11. The molecule has 2 aromatic rings. The van der Waals surface area contributed by atoms with Gasteiger partial charge in [-0.15, -0.1) is 0 Å². The zero-order valence-corrected chi connectivity index (χ0v) is 17.5. The monoisotopic (exact) mass is 391 g/mol. The van der Waals surface area contributed by atoms with Gasteiger partial charge < -0.3 is 9.64 Å². The van der Waals surface area contributed by atoms with E-state index in [9.17, 15) is 4.79 Å². The molecular weight excluding hydrogens is 362 g/mol. The van der Waals surface area contributed by atoms with E-state index in [1.165, 1.54) is 16.7 Å². The van der Waals surface area contributed by atoms with Crippen molar-refractivity contribution in [3.05, 3.63) is 58.3 Å². The smallest absolute Gasteiger partial charge is 0.259 e. The highest BCUT2D eigenvalue weighted by atomic mass is 16.5. The van der Waals surface area contributed by atoms with Crippen LogP contribution >= 0.6 is 0 Å². The van der Waals surface area contributed by atoms with Gasteiger partial charge in [-0.1, -0.05) is 24.3 Å². The van der Waals surface area contributed by atoms with Crippen LogP contribution in [-0.2, 0) is 12.8 Å². The molecule has 3 heterocycles. The predicted molar refractivity (Wildman–Crippen MR) is 112 cm³/mol. The van der Waals surface area contributed by atoms with E-state index in [4.69, 9.17) is 4.74 Å². The second-order valence-electron chi connectivity index (χ2n) is 8.88. The van der Waals surface area contributed by atoms with Gasteiger partial charge in [0.25, 0.3) is 5.91 Å². The van der Waals surface area contributed by atoms with Gasteiger partial charge in [-0.2, -0.15) is 0 Å². The van der Waals surface area contributed by atoms with Crippen LogP contribution in [0.2, 0.25) is 0 Å². The van der Waals surface area contributed by atoms with Crippen molar-refractivity contribution in [3.8, 4) is 5.88 Å². The van der Waals surface area contributed by atoms with Crippen molar-refractivity contribution < 1.29 is 9.53 Å². The van der Waals surface area contributed by atoms with E-state index in [0.29, 0.717) is 29.3 Å². The number of amides is 1. The van der Waals surface area contributed by atoms with Crippen LogP contribution in [0, 0.1) is 18.8 Å². The average molecular weight is 392 g/mol. The van der Waals surface area contributed by atoms with E-state index >= 15 is 0 Å². The quantitative estimate of drug-likeness (QED) is 0.806.